The van der Waals surface area contributed by atoms with E-state index in [1.54, 1.807) is 0 Å². The molecule has 1 aromatic rings. The minimum Gasteiger partial charge on any atom is -0.494 e. The maximum atomic E-state index is 6.15. The van der Waals surface area contributed by atoms with E-state index in [2.05, 4.69) is 31.0 Å². The Morgan fingerprint density at radius 2 is 1.73 bits per heavy atom. The first-order chi connectivity index (χ1) is 10.6. The lowest BCUT2D eigenvalue weighted by atomic mass is 10.0. The van der Waals surface area contributed by atoms with Crippen molar-refractivity contribution >= 4 is 0 Å². The molecule has 22 heavy (non-hydrogen) atoms. The van der Waals surface area contributed by atoms with Gasteiger partial charge in [0.05, 0.1) is 6.61 Å². The Kier molecular flexibility index (Phi) is 6.52. The fourth-order valence-corrected chi connectivity index (χ4v) is 2.56. The first-order valence-corrected chi connectivity index (χ1v) is 8.44. The van der Waals surface area contributed by atoms with E-state index in [9.17, 15) is 0 Å². The van der Waals surface area contributed by atoms with Gasteiger partial charge < -0.3 is 19.7 Å². The Morgan fingerprint density at radius 3 is 2.36 bits per heavy atom. The molecule has 4 heteroatoms. The molecule has 1 aromatic carbocycles. The van der Waals surface area contributed by atoms with E-state index in [1.807, 2.05) is 24.3 Å². The van der Waals surface area contributed by atoms with Crippen LogP contribution in [0, 0.1) is 0 Å². The molecule has 0 bridgehead atoms. The van der Waals surface area contributed by atoms with E-state index in [0.717, 1.165) is 63.7 Å². The molecule has 2 rings (SSSR count). The Bertz CT molecular complexity index is 425. The number of hydrogen-bond donors (Lipinski definition) is 1. The van der Waals surface area contributed by atoms with Gasteiger partial charge in [-0.05, 0) is 51.0 Å². The largest absolute Gasteiger partial charge is 0.494 e. The van der Waals surface area contributed by atoms with Gasteiger partial charge in [0.25, 0.3) is 0 Å². The van der Waals surface area contributed by atoms with E-state index in [-0.39, 0.29) is 5.60 Å². The van der Waals surface area contributed by atoms with Crippen molar-refractivity contribution in [3.8, 4) is 11.5 Å². The number of rotatable bonds is 8. The van der Waals surface area contributed by atoms with Crippen LogP contribution in [0.1, 0.15) is 33.6 Å². The van der Waals surface area contributed by atoms with Crippen molar-refractivity contribution in [2.45, 2.75) is 39.2 Å². The molecule has 0 amide bonds. The van der Waals surface area contributed by atoms with E-state index < -0.39 is 0 Å². The van der Waals surface area contributed by atoms with E-state index >= 15 is 0 Å². The molecule has 0 aliphatic carbocycles. The summed E-state index contributed by atoms with van der Waals surface area (Å²) in [6, 6.07) is 7.96. The molecule has 124 valence electrons. The van der Waals surface area contributed by atoms with Crippen LogP contribution in [0.5, 0.6) is 11.5 Å². The molecular formula is C18H30N2O2. The van der Waals surface area contributed by atoms with Crippen molar-refractivity contribution in [3.63, 3.8) is 0 Å². The number of nitrogens with zero attached hydrogens (tertiary/aromatic N) is 1. The molecule has 0 unspecified atom stereocenters. The minimum atomic E-state index is -0.156. The summed E-state index contributed by atoms with van der Waals surface area (Å²) in [5, 5.41) is 3.39. The highest BCUT2D eigenvalue weighted by Crippen LogP contribution is 2.24. The second-order valence-corrected chi connectivity index (χ2v) is 6.52. The van der Waals surface area contributed by atoms with Crippen molar-refractivity contribution in [1.82, 2.24) is 10.2 Å². The highest BCUT2D eigenvalue weighted by atomic mass is 16.5. The maximum Gasteiger partial charge on any atom is 0.120 e. The van der Waals surface area contributed by atoms with Gasteiger partial charge in [0, 0.05) is 32.7 Å². The van der Waals surface area contributed by atoms with Gasteiger partial charge in [-0.1, -0.05) is 6.92 Å². The molecule has 0 saturated carbocycles. The lowest BCUT2D eigenvalue weighted by molar-refractivity contribution is 0.0808. The zero-order valence-electron chi connectivity index (χ0n) is 14.2. The predicted molar refractivity (Wildman–Crippen MR) is 90.9 cm³/mol. The third kappa shape index (κ3) is 5.85. The molecule has 0 aromatic heterocycles. The van der Waals surface area contributed by atoms with Gasteiger partial charge in [-0.25, -0.2) is 0 Å². The molecule has 0 radical (unpaired) electrons. The molecule has 1 saturated heterocycles. The Labute approximate surface area is 134 Å². The highest BCUT2D eigenvalue weighted by molar-refractivity contribution is 5.31. The first-order valence-electron chi connectivity index (χ1n) is 8.44. The lowest BCUT2D eigenvalue weighted by Crippen LogP contribution is -2.45. The van der Waals surface area contributed by atoms with Crippen LogP contribution in [0.25, 0.3) is 0 Å². The van der Waals surface area contributed by atoms with Gasteiger partial charge in [0.2, 0.25) is 0 Å². The Hall–Kier alpha value is -1.26. The molecule has 1 N–H and O–H groups in total. The molecule has 1 heterocycles. The number of benzene rings is 1. The van der Waals surface area contributed by atoms with Crippen LogP contribution in [0.2, 0.25) is 0 Å². The summed E-state index contributed by atoms with van der Waals surface area (Å²) in [5.74, 6) is 1.82. The summed E-state index contributed by atoms with van der Waals surface area (Å²) in [7, 11) is 0. The Balaban J connectivity index is 1.79. The van der Waals surface area contributed by atoms with Crippen molar-refractivity contribution < 1.29 is 9.47 Å². The van der Waals surface area contributed by atoms with Crippen LogP contribution in [0.4, 0.5) is 0 Å². The van der Waals surface area contributed by atoms with Crippen LogP contribution in [0.15, 0.2) is 24.3 Å². The zero-order chi connectivity index (χ0) is 15.8. The van der Waals surface area contributed by atoms with Crippen LogP contribution in [0.3, 0.4) is 0 Å². The zero-order valence-corrected chi connectivity index (χ0v) is 14.2. The van der Waals surface area contributed by atoms with E-state index in [4.69, 9.17) is 9.47 Å². The van der Waals surface area contributed by atoms with Gasteiger partial charge in [-0.3, -0.25) is 0 Å². The predicted octanol–water partition coefficient (Wildman–Crippen LogP) is 2.93. The van der Waals surface area contributed by atoms with Gasteiger partial charge >= 0.3 is 0 Å². The average Bonchev–Trinajstić information content (AvgIpc) is 2.53. The fourth-order valence-electron chi connectivity index (χ4n) is 2.56. The Morgan fingerprint density at radius 1 is 1.09 bits per heavy atom. The topological polar surface area (TPSA) is 33.7 Å². The monoisotopic (exact) mass is 306 g/mol. The molecular weight excluding hydrogens is 276 g/mol. The van der Waals surface area contributed by atoms with Crippen molar-refractivity contribution in [2.24, 2.45) is 0 Å². The molecule has 1 aliphatic rings. The minimum absolute atomic E-state index is 0.156. The SMILES string of the molecule is CCCOc1ccc(OC(C)(C)CCN2CCNCC2)cc1. The van der Waals surface area contributed by atoms with Crippen LogP contribution in [-0.2, 0) is 0 Å². The molecule has 0 spiro atoms. The highest BCUT2D eigenvalue weighted by Gasteiger charge is 2.21. The summed E-state index contributed by atoms with van der Waals surface area (Å²) in [4.78, 5) is 2.50. The van der Waals surface area contributed by atoms with Crippen LogP contribution >= 0.6 is 0 Å². The van der Waals surface area contributed by atoms with Gasteiger partial charge in [0.1, 0.15) is 17.1 Å². The molecule has 0 atom stereocenters. The van der Waals surface area contributed by atoms with Crippen LogP contribution in [-0.4, -0.2) is 49.8 Å². The summed E-state index contributed by atoms with van der Waals surface area (Å²) in [6.45, 7) is 12.8. The van der Waals surface area contributed by atoms with E-state index in [1.165, 1.54) is 0 Å². The fraction of sp³-hybridized carbons (Fsp3) is 0.667. The number of ether oxygens (including phenoxy) is 2. The third-order valence-electron chi connectivity index (χ3n) is 3.93. The molecule has 1 aliphatic heterocycles. The maximum absolute atomic E-state index is 6.15. The average molecular weight is 306 g/mol. The van der Waals surface area contributed by atoms with Crippen molar-refractivity contribution in [3.05, 3.63) is 24.3 Å². The second-order valence-electron chi connectivity index (χ2n) is 6.52. The standard InChI is InChI=1S/C18H30N2O2/c1-4-15-21-16-5-7-17(8-6-16)22-18(2,3)9-12-20-13-10-19-11-14-20/h5-8,19H,4,9-15H2,1-3H3. The lowest BCUT2D eigenvalue weighted by Gasteiger charge is -2.32. The molecule has 1 fully saturated rings. The van der Waals surface area contributed by atoms with Crippen LogP contribution < -0.4 is 14.8 Å². The second kappa shape index (κ2) is 8.39. The van der Waals surface area contributed by atoms with E-state index in [0.29, 0.717) is 0 Å². The smallest absolute Gasteiger partial charge is 0.120 e. The van der Waals surface area contributed by atoms with Gasteiger partial charge in [-0.15, -0.1) is 0 Å². The number of piperazine rings is 1. The van der Waals surface area contributed by atoms with Gasteiger partial charge in [-0.2, -0.15) is 0 Å². The first kappa shape index (κ1) is 17.1. The summed E-state index contributed by atoms with van der Waals surface area (Å²) >= 11 is 0. The normalized spacial score (nSPS) is 16.5. The van der Waals surface area contributed by atoms with Crippen molar-refractivity contribution in [2.75, 3.05) is 39.3 Å². The third-order valence-corrected chi connectivity index (χ3v) is 3.93. The summed E-state index contributed by atoms with van der Waals surface area (Å²) < 4.78 is 11.8. The number of nitrogens with one attached hydrogen (secondary N) is 1. The summed E-state index contributed by atoms with van der Waals surface area (Å²) in [6.07, 6.45) is 2.05. The van der Waals surface area contributed by atoms with Gasteiger partial charge in [0.15, 0.2) is 0 Å². The number of hydrogen-bond acceptors (Lipinski definition) is 4. The molecule has 4 nitrogen and oxygen atoms in total. The quantitative estimate of drug-likeness (QED) is 0.801. The summed E-state index contributed by atoms with van der Waals surface area (Å²) in [5.41, 5.74) is -0.156. The van der Waals surface area contributed by atoms with Crippen molar-refractivity contribution in [1.29, 1.82) is 0 Å².